The molecule has 3 N–H and O–H groups in total. The van der Waals surface area contributed by atoms with Crippen LogP contribution in [0.2, 0.25) is 0 Å². The number of rotatable bonds is 1. The number of guanidine groups is 1. The first-order valence-electron chi connectivity index (χ1n) is 6.99. The molecule has 0 aliphatic carbocycles. The van der Waals surface area contributed by atoms with Gasteiger partial charge in [0.2, 0.25) is 5.96 Å². The number of amides is 1. The standard InChI is InChI=1S/C13H13N7O3/c1-18-7(9(21)17-12(18)14)2-6-3-19-5-15-10(22)8-11(19)20(4-6)13(23)16-8/h2,5-6H,3-4H2,1H3,(H,16,23)(H2,14,17,21)/b7-2-/t6-/m1/s1. The molecule has 4 heterocycles. The van der Waals surface area contributed by atoms with Crippen LogP contribution >= 0.6 is 0 Å². The van der Waals surface area contributed by atoms with Crippen LogP contribution < -0.4 is 16.6 Å². The van der Waals surface area contributed by atoms with Gasteiger partial charge in [0.15, 0.2) is 5.52 Å². The number of imidazole rings is 1. The van der Waals surface area contributed by atoms with Crippen molar-refractivity contribution in [3.05, 3.63) is 38.9 Å². The lowest BCUT2D eigenvalue weighted by Gasteiger charge is -2.23. The maximum Gasteiger partial charge on any atom is 0.327 e. The third-order valence-electron chi connectivity index (χ3n) is 4.16. The average molecular weight is 315 g/mol. The Hall–Kier alpha value is -3.17. The highest BCUT2D eigenvalue weighted by molar-refractivity contribution is 6.12. The SMILES string of the molecule is CN1C(=N)NC(=O)/C1=C/[C@@H]1Cn2cnc(=O)c3[nH]c(=O)n(c32)C1. The molecule has 0 saturated carbocycles. The molecule has 2 aliphatic rings. The van der Waals surface area contributed by atoms with Crippen molar-refractivity contribution in [1.82, 2.24) is 29.3 Å². The molecule has 0 unspecified atom stereocenters. The van der Waals surface area contributed by atoms with E-state index in [0.29, 0.717) is 24.4 Å². The number of nitrogens with zero attached hydrogens (tertiary/aromatic N) is 4. The maximum atomic E-state index is 12.1. The van der Waals surface area contributed by atoms with Gasteiger partial charge in [-0.2, -0.15) is 4.98 Å². The van der Waals surface area contributed by atoms with Crippen molar-refractivity contribution >= 4 is 23.0 Å². The van der Waals surface area contributed by atoms with E-state index in [9.17, 15) is 14.4 Å². The van der Waals surface area contributed by atoms with Crippen LogP contribution in [-0.2, 0) is 17.9 Å². The van der Waals surface area contributed by atoms with E-state index >= 15 is 0 Å². The third kappa shape index (κ3) is 1.84. The first kappa shape index (κ1) is 13.5. The number of hydrogen-bond donors (Lipinski definition) is 3. The number of nitrogens with one attached hydrogen (secondary N) is 3. The number of aromatic nitrogens is 4. The highest BCUT2D eigenvalue weighted by atomic mass is 16.2. The van der Waals surface area contributed by atoms with Crippen molar-refractivity contribution in [2.45, 2.75) is 13.1 Å². The number of hydrogen-bond acceptors (Lipinski definition) is 5. The predicted molar refractivity (Wildman–Crippen MR) is 79.8 cm³/mol. The van der Waals surface area contributed by atoms with Gasteiger partial charge in [0, 0.05) is 26.1 Å². The zero-order valence-electron chi connectivity index (χ0n) is 12.2. The smallest absolute Gasteiger partial charge is 0.316 e. The molecular weight excluding hydrogens is 302 g/mol. The van der Waals surface area contributed by atoms with E-state index in [1.54, 1.807) is 17.7 Å². The fourth-order valence-electron chi connectivity index (χ4n) is 3.04. The molecule has 0 bridgehead atoms. The van der Waals surface area contributed by atoms with Gasteiger partial charge in [0.25, 0.3) is 11.5 Å². The fraction of sp³-hybridized carbons (Fsp3) is 0.308. The summed E-state index contributed by atoms with van der Waals surface area (Å²) in [5.41, 5.74) is 0.242. The first-order valence-corrected chi connectivity index (χ1v) is 6.99. The van der Waals surface area contributed by atoms with Gasteiger partial charge >= 0.3 is 5.69 Å². The maximum absolute atomic E-state index is 12.1. The Morgan fingerprint density at radius 1 is 1.35 bits per heavy atom. The Balaban J connectivity index is 1.79. The van der Waals surface area contributed by atoms with Gasteiger partial charge in [-0.25, -0.2) is 4.79 Å². The number of aromatic amines is 1. The van der Waals surface area contributed by atoms with Crippen LogP contribution in [0.15, 0.2) is 27.7 Å². The zero-order valence-corrected chi connectivity index (χ0v) is 12.2. The van der Waals surface area contributed by atoms with Crippen molar-refractivity contribution in [1.29, 1.82) is 5.41 Å². The Morgan fingerprint density at radius 2 is 2.13 bits per heavy atom. The second-order valence-corrected chi connectivity index (χ2v) is 5.62. The summed E-state index contributed by atoms with van der Waals surface area (Å²) in [6.07, 6.45) is 3.14. The first-order chi connectivity index (χ1) is 11.0. The molecule has 118 valence electrons. The van der Waals surface area contributed by atoms with E-state index in [0.717, 1.165) is 0 Å². The molecular formula is C13H13N7O3. The molecule has 2 aromatic heterocycles. The highest BCUT2D eigenvalue weighted by Gasteiger charge is 2.30. The average Bonchev–Trinajstić information content (AvgIpc) is 2.97. The monoisotopic (exact) mass is 315 g/mol. The summed E-state index contributed by atoms with van der Waals surface area (Å²) in [5.74, 6) is -0.463. The van der Waals surface area contributed by atoms with E-state index < -0.39 is 5.56 Å². The Morgan fingerprint density at radius 3 is 2.83 bits per heavy atom. The number of carbonyl (C=O) groups excluding carboxylic acids is 1. The van der Waals surface area contributed by atoms with Gasteiger partial charge in [-0.05, 0) is 6.08 Å². The Labute approximate surface area is 128 Å². The lowest BCUT2D eigenvalue weighted by molar-refractivity contribution is -0.116. The predicted octanol–water partition coefficient (Wildman–Crippen LogP) is -1.60. The van der Waals surface area contributed by atoms with Crippen LogP contribution in [0.1, 0.15) is 0 Å². The van der Waals surface area contributed by atoms with E-state index in [2.05, 4.69) is 15.3 Å². The molecule has 2 aliphatic heterocycles. The molecule has 1 amide bonds. The van der Waals surface area contributed by atoms with Gasteiger partial charge in [0.05, 0.1) is 0 Å². The summed E-state index contributed by atoms with van der Waals surface area (Å²) in [6, 6.07) is 0. The Kier molecular flexibility index (Phi) is 2.59. The second kappa shape index (κ2) is 4.41. The van der Waals surface area contributed by atoms with E-state index in [1.807, 2.05) is 0 Å². The minimum Gasteiger partial charge on any atom is -0.316 e. The van der Waals surface area contributed by atoms with Crippen LogP contribution in [0.4, 0.5) is 0 Å². The van der Waals surface area contributed by atoms with Crippen LogP contribution in [0.25, 0.3) is 11.2 Å². The van der Waals surface area contributed by atoms with Crippen molar-refractivity contribution in [3.63, 3.8) is 0 Å². The summed E-state index contributed by atoms with van der Waals surface area (Å²) in [7, 11) is 1.63. The molecule has 23 heavy (non-hydrogen) atoms. The van der Waals surface area contributed by atoms with E-state index in [4.69, 9.17) is 5.41 Å². The summed E-state index contributed by atoms with van der Waals surface area (Å²) in [5, 5.41) is 10.0. The van der Waals surface area contributed by atoms with E-state index in [-0.39, 0.29) is 29.0 Å². The van der Waals surface area contributed by atoms with Crippen molar-refractivity contribution < 1.29 is 4.79 Å². The molecule has 10 heteroatoms. The molecule has 0 spiro atoms. The number of allylic oxidation sites excluding steroid dienone is 1. The van der Waals surface area contributed by atoms with Gasteiger partial charge in [-0.3, -0.25) is 29.9 Å². The number of carbonyl (C=O) groups is 1. The molecule has 4 rings (SSSR count). The topological polar surface area (TPSA) is 129 Å². The van der Waals surface area contributed by atoms with Crippen molar-refractivity contribution in [3.8, 4) is 0 Å². The molecule has 1 fully saturated rings. The summed E-state index contributed by atoms with van der Waals surface area (Å²) >= 11 is 0. The Bertz CT molecular complexity index is 1010. The van der Waals surface area contributed by atoms with Crippen LogP contribution in [0.5, 0.6) is 0 Å². The zero-order chi connectivity index (χ0) is 16.3. The minimum absolute atomic E-state index is 0.0176. The summed E-state index contributed by atoms with van der Waals surface area (Å²) in [4.78, 5) is 43.4. The molecule has 1 saturated heterocycles. The quantitative estimate of drug-likeness (QED) is 0.546. The van der Waals surface area contributed by atoms with Crippen molar-refractivity contribution in [2.24, 2.45) is 5.92 Å². The summed E-state index contributed by atoms with van der Waals surface area (Å²) in [6.45, 7) is 0.833. The number of H-pyrrole nitrogens is 1. The third-order valence-corrected chi connectivity index (χ3v) is 4.16. The molecule has 0 radical (unpaired) electrons. The number of likely N-dealkylation sites (N-methyl/N-ethyl adjacent to an activating group) is 1. The van der Waals surface area contributed by atoms with Crippen molar-refractivity contribution in [2.75, 3.05) is 7.05 Å². The summed E-state index contributed by atoms with van der Waals surface area (Å²) < 4.78 is 3.19. The van der Waals surface area contributed by atoms with Gasteiger partial charge in [0.1, 0.15) is 17.7 Å². The lowest BCUT2D eigenvalue weighted by Crippen LogP contribution is -2.31. The normalized spacial score (nSPS) is 22.2. The second-order valence-electron chi connectivity index (χ2n) is 5.62. The van der Waals surface area contributed by atoms with E-state index in [1.165, 1.54) is 15.8 Å². The van der Waals surface area contributed by atoms with Gasteiger partial charge < -0.3 is 9.47 Å². The fourth-order valence-corrected chi connectivity index (χ4v) is 3.04. The molecule has 2 aromatic rings. The molecule has 0 aromatic carbocycles. The van der Waals surface area contributed by atoms with Gasteiger partial charge in [-0.1, -0.05) is 0 Å². The van der Waals surface area contributed by atoms with Gasteiger partial charge in [-0.15, -0.1) is 0 Å². The minimum atomic E-state index is -0.466. The highest BCUT2D eigenvalue weighted by Crippen LogP contribution is 2.21. The lowest BCUT2D eigenvalue weighted by atomic mass is 10.1. The van der Waals surface area contributed by atoms with Crippen LogP contribution in [0.3, 0.4) is 0 Å². The molecule has 1 atom stereocenters. The van der Waals surface area contributed by atoms with Crippen LogP contribution in [0, 0.1) is 11.3 Å². The van der Waals surface area contributed by atoms with Crippen LogP contribution in [-0.4, -0.2) is 42.9 Å². The largest absolute Gasteiger partial charge is 0.327 e. The molecule has 10 nitrogen and oxygen atoms in total.